The third-order valence-electron chi connectivity index (χ3n) is 2.43. The summed E-state index contributed by atoms with van der Waals surface area (Å²) in [5.41, 5.74) is 2.20. The van der Waals surface area contributed by atoms with E-state index in [2.05, 4.69) is 0 Å². The van der Waals surface area contributed by atoms with E-state index in [0.29, 0.717) is 13.2 Å². The Balaban J connectivity index is 2.32. The Morgan fingerprint density at radius 2 is 2.36 bits per heavy atom. The van der Waals surface area contributed by atoms with Gasteiger partial charge in [-0.2, -0.15) is 0 Å². The zero-order valence-corrected chi connectivity index (χ0v) is 8.29. The standard InChI is InChI=1S/C11H14FNO/c1-9-2-3-11-10(8-9)13(5-4-12)6-7-14-11/h2-3,8H,4-7H2,1H3. The summed E-state index contributed by atoms with van der Waals surface area (Å²) in [4.78, 5) is 2.03. The number of halogens is 1. The van der Waals surface area contributed by atoms with Crippen LogP contribution in [0.1, 0.15) is 5.56 Å². The van der Waals surface area contributed by atoms with Crippen molar-refractivity contribution in [2.45, 2.75) is 6.92 Å². The van der Waals surface area contributed by atoms with Crippen LogP contribution in [-0.4, -0.2) is 26.4 Å². The average Bonchev–Trinajstić information content (AvgIpc) is 2.19. The third kappa shape index (κ3) is 1.67. The largest absolute Gasteiger partial charge is 0.490 e. The Hall–Kier alpha value is -1.25. The fourth-order valence-electron chi connectivity index (χ4n) is 1.72. The van der Waals surface area contributed by atoms with E-state index in [1.165, 1.54) is 5.56 Å². The van der Waals surface area contributed by atoms with Crippen LogP contribution in [0.25, 0.3) is 0 Å². The summed E-state index contributed by atoms with van der Waals surface area (Å²) in [5.74, 6) is 0.871. The molecule has 14 heavy (non-hydrogen) atoms. The van der Waals surface area contributed by atoms with Crippen LogP contribution in [0.3, 0.4) is 0 Å². The lowest BCUT2D eigenvalue weighted by Crippen LogP contribution is -2.34. The molecular weight excluding hydrogens is 181 g/mol. The van der Waals surface area contributed by atoms with Crippen molar-refractivity contribution in [3.8, 4) is 5.75 Å². The molecule has 1 aromatic rings. The molecule has 0 atom stereocenters. The average molecular weight is 195 g/mol. The van der Waals surface area contributed by atoms with Crippen molar-refractivity contribution in [3.63, 3.8) is 0 Å². The molecule has 0 saturated carbocycles. The summed E-state index contributed by atoms with van der Waals surface area (Å²) in [7, 11) is 0. The van der Waals surface area contributed by atoms with Crippen molar-refractivity contribution in [2.24, 2.45) is 0 Å². The fourth-order valence-corrected chi connectivity index (χ4v) is 1.72. The normalized spacial score (nSPS) is 14.9. The molecule has 0 amide bonds. The van der Waals surface area contributed by atoms with Crippen LogP contribution in [0.2, 0.25) is 0 Å². The van der Waals surface area contributed by atoms with Gasteiger partial charge in [-0.3, -0.25) is 0 Å². The van der Waals surface area contributed by atoms with Crippen LogP contribution in [-0.2, 0) is 0 Å². The summed E-state index contributed by atoms with van der Waals surface area (Å²) in [6.45, 7) is 3.60. The Labute approximate surface area is 83.3 Å². The Bertz CT molecular complexity index is 327. The van der Waals surface area contributed by atoms with Gasteiger partial charge in [0.15, 0.2) is 0 Å². The van der Waals surface area contributed by atoms with E-state index in [1.54, 1.807) is 0 Å². The first-order valence-electron chi connectivity index (χ1n) is 4.85. The summed E-state index contributed by atoms with van der Waals surface area (Å²) in [5, 5.41) is 0. The second-order valence-corrected chi connectivity index (χ2v) is 3.50. The number of ether oxygens (including phenoxy) is 1. The number of rotatable bonds is 2. The predicted molar refractivity (Wildman–Crippen MR) is 54.9 cm³/mol. The zero-order chi connectivity index (χ0) is 9.97. The van der Waals surface area contributed by atoms with Gasteiger partial charge in [0.05, 0.1) is 12.2 Å². The summed E-state index contributed by atoms with van der Waals surface area (Å²) < 4.78 is 17.8. The molecule has 0 spiro atoms. The number of hydrogen-bond donors (Lipinski definition) is 0. The molecule has 1 aliphatic rings. The first kappa shape index (κ1) is 9.31. The molecule has 2 nitrogen and oxygen atoms in total. The Morgan fingerprint density at radius 1 is 1.50 bits per heavy atom. The van der Waals surface area contributed by atoms with Crippen molar-refractivity contribution >= 4 is 5.69 Å². The number of anilines is 1. The van der Waals surface area contributed by atoms with E-state index < -0.39 is 0 Å². The highest BCUT2D eigenvalue weighted by Crippen LogP contribution is 2.31. The van der Waals surface area contributed by atoms with Crippen LogP contribution >= 0.6 is 0 Å². The quantitative estimate of drug-likeness (QED) is 0.717. The van der Waals surface area contributed by atoms with E-state index in [9.17, 15) is 4.39 Å². The van der Waals surface area contributed by atoms with E-state index in [0.717, 1.165) is 18.0 Å². The van der Waals surface area contributed by atoms with Crippen molar-refractivity contribution in [1.29, 1.82) is 0 Å². The van der Waals surface area contributed by atoms with Crippen molar-refractivity contribution < 1.29 is 9.13 Å². The monoisotopic (exact) mass is 195 g/mol. The second-order valence-electron chi connectivity index (χ2n) is 3.50. The molecule has 3 heteroatoms. The first-order chi connectivity index (χ1) is 6.81. The smallest absolute Gasteiger partial charge is 0.142 e. The van der Waals surface area contributed by atoms with E-state index in [4.69, 9.17) is 4.74 Å². The molecule has 76 valence electrons. The SMILES string of the molecule is Cc1ccc2c(c1)N(CCF)CCO2. The lowest BCUT2D eigenvalue weighted by molar-refractivity contribution is 0.304. The van der Waals surface area contributed by atoms with Crippen LogP contribution in [0.15, 0.2) is 18.2 Å². The maximum atomic E-state index is 12.3. The molecule has 0 fully saturated rings. The maximum Gasteiger partial charge on any atom is 0.142 e. The van der Waals surface area contributed by atoms with E-state index >= 15 is 0 Å². The van der Waals surface area contributed by atoms with Gasteiger partial charge in [-0.1, -0.05) is 6.07 Å². The molecule has 0 aliphatic carbocycles. The van der Waals surface area contributed by atoms with Crippen molar-refractivity contribution in [3.05, 3.63) is 23.8 Å². The van der Waals surface area contributed by atoms with E-state index in [-0.39, 0.29) is 6.67 Å². The topological polar surface area (TPSA) is 12.5 Å². The second kappa shape index (κ2) is 3.86. The molecule has 2 rings (SSSR count). The Morgan fingerprint density at radius 3 is 3.14 bits per heavy atom. The summed E-state index contributed by atoms with van der Waals surface area (Å²) in [6, 6.07) is 6.01. The summed E-state index contributed by atoms with van der Waals surface area (Å²) >= 11 is 0. The van der Waals surface area contributed by atoms with Gasteiger partial charge in [-0.15, -0.1) is 0 Å². The number of fused-ring (bicyclic) bond motifs is 1. The molecule has 0 aromatic heterocycles. The molecule has 1 aromatic carbocycles. The lowest BCUT2D eigenvalue weighted by atomic mass is 10.1. The van der Waals surface area contributed by atoms with Crippen LogP contribution in [0, 0.1) is 6.92 Å². The molecule has 0 unspecified atom stereocenters. The number of benzene rings is 1. The molecule has 0 radical (unpaired) electrons. The number of alkyl halides is 1. The number of aryl methyl sites for hydroxylation is 1. The lowest BCUT2D eigenvalue weighted by Gasteiger charge is -2.30. The van der Waals surface area contributed by atoms with Crippen LogP contribution in [0.5, 0.6) is 5.75 Å². The highest BCUT2D eigenvalue weighted by Gasteiger charge is 2.17. The van der Waals surface area contributed by atoms with Gasteiger partial charge in [-0.25, -0.2) is 4.39 Å². The number of hydrogen-bond acceptors (Lipinski definition) is 2. The van der Waals surface area contributed by atoms with Crippen molar-refractivity contribution in [2.75, 3.05) is 31.3 Å². The molecule has 1 heterocycles. The van der Waals surface area contributed by atoms with Gasteiger partial charge in [-0.05, 0) is 24.6 Å². The number of nitrogens with zero attached hydrogens (tertiary/aromatic N) is 1. The maximum absolute atomic E-state index is 12.3. The predicted octanol–water partition coefficient (Wildman–Crippen LogP) is 2.16. The molecule has 0 saturated heterocycles. The molecular formula is C11H14FNO. The highest BCUT2D eigenvalue weighted by atomic mass is 19.1. The van der Waals surface area contributed by atoms with Gasteiger partial charge in [0.25, 0.3) is 0 Å². The molecule has 0 bridgehead atoms. The first-order valence-corrected chi connectivity index (χ1v) is 4.85. The summed E-state index contributed by atoms with van der Waals surface area (Å²) in [6.07, 6.45) is 0. The highest BCUT2D eigenvalue weighted by molar-refractivity contribution is 5.61. The van der Waals surface area contributed by atoms with Gasteiger partial charge in [0, 0.05) is 6.54 Å². The fraction of sp³-hybridized carbons (Fsp3) is 0.455. The zero-order valence-electron chi connectivity index (χ0n) is 8.29. The third-order valence-corrected chi connectivity index (χ3v) is 2.43. The van der Waals surface area contributed by atoms with Crippen LogP contribution in [0.4, 0.5) is 10.1 Å². The van der Waals surface area contributed by atoms with Gasteiger partial charge in [0.2, 0.25) is 0 Å². The van der Waals surface area contributed by atoms with E-state index in [1.807, 2.05) is 30.0 Å². The van der Waals surface area contributed by atoms with Crippen LogP contribution < -0.4 is 9.64 Å². The van der Waals surface area contributed by atoms with Gasteiger partial charge < -0.3 is 9.64 Å². The minimum Gasteiger partial charge on any atom is -0.490 e. The van der Waals surface area contributed by atoms with Crippen molar-refractivity contribution in [1.82, 2.24) is 0 Å². The molecule has 0 N–H and O–H groups in total. The van der Waals surface area contributed by atoms with Gasteiger partial charge >= 0.3 is 0 Å². The van der Waals surface area contributed by atoms with Gasteiger partial charge in [0.1, 0.15) is 19.0 Å². The molecule has 1 aliphatic heterocycles. The minimum atomic E-state index is -0.312. The minimum absolute atomic E-state index is 0.312. The Kier molecular flexibility index (Phi) is 2.57.